The van der Waals surface area contributed by atoms with Crippen molar-refractivity contribution in [2.24, 2.45) is 5.73 Å². The van der Waals surface area contributed by atoms with E-state index in [1.165, 1.54) is 38.5 Å². The van der Waals surface area contributed by atoms with E-state index >= 15 is 0 Å². The molecule has 26 heavy (non-hydrogen) atoms. The third-order valence-corrected chi connectivity index (χ3v) is 4.98. The first-order valence-corrected chi connectivity index (χ1v) is 9.77. The maximum Gasteiger partial charge on any atom is 0.407 e. The molecule has 1 nitrogen and oxygen atoms in total. The average Bonchev–Trinajstić information content (AvgIpc) is 2.62. The Balaban J connectivity index is 2.01. The number of hydrogen-bond donors (Lipinski definition) is 1. The first-order valence-electron chi connectivity index (χ1n) is 9.77. The molecule has 144 valence electrons. The molecule has 4 heteroatoms. The van der Waals surface area contributed by atoms with E-state index < -0.39 is 12.2 Å². The lowest BCUT2D eigenvalue weighted by molar-refractivity contribution is -0.149. The molecule has 0 fully saturated rings. The molecule has 0 unspecified atom stereocenters. The van der Waals surface area contributed by atoms with Crippen LogP contribution in [0.15, 0.2) is 36.4 Å². The summed E-state index contributed by atoms with van der Waals surface area (Å²) in [4.78, 5) is 0. The Morgan fingerprint density at radius 1 is 0.885 bits per heavy atom. The lowest BCUT2D eigenvalue weighted by atomic mass is 9.94. The molecule has 0 heterocycles. The number of nitrogens with two attached hydrogens (primary N) is 1. The molecule has 0 saturated heterocycles. The molecule has 2 rings (SSSR count). The second-order valence-corrected chi connectivity index (χ2v) is 7.15. The van der Waals surface area contributed by atoms with Crippen molar-refractivity contribution in [3.63, 3.8) is 0 Å². The van der Waals surface area contributed by atoms with E-state index in [0.717, 1.165) is 35.6 Å². The molecule has 0 spiro atoms. The van der Waals surface area contributed by atoms with E-state index in [-0.39, 0.29) is 5.56 Å². The van der Waals surface area contributed by atoms with Crippen molar-refractivity contribution >= 4 is 10.8 Å². The van der Waals surface area contributed by atoms with Crippen LogP contribution in [0.1, 0.15) is 75.5 Å². The number of alkyl halides is 3. The molecule has 0 aliphatic heterocycles. The normalized spacial score (nSPS) is 13.3. The molecule has 2 aromatic carbocycles. The number of aryl methyl sites for hydroxylation is 1. The van der Waals surface area contributed by atoms with Crippen LogP contribution in [-0.4, -0.2) is 6.18 Å². The molecule has 0 amide bonds. The summed E-state index contributed by atoms with van der Waals surface area (Å²) in [6, 6.07) is 8.93. The van der Waals surface area contributed by atoms with Gasteiger partial charge in [-0.05, 0) is 40.8 Å². The fourth-order valence-electron chi connectivity index (χ4n) is 3.44. The Morgan fingerprint density at radius 2 is 1.50 bits per heavy atom. The van der Waals surface area contributed by atoms with Gasteiger partial charge in [0.25, 0.3) is 0 Å². The SMILES string of the molecule is CCCCCCCCCCc1cc([C@H](N)C(F)(F)F)cc2ccccc12. The summed E-state index contributed by atoms with van der Waals surface area (Å²) < 4.78 is 39.1. The zero-order valence-corrected chi connectivity index (χ0v) is 15.6. The fourth-order valence-corrected chi connectivity index (χ4v) is 3.44. The van der Waals surface area contributed by atoms with Crippen LogP contribution in [0.3, 0.4) is 0 Å². The predicted molar refractivity (Wildman–Crippen MR) is 103 cm³/mol. The van der Waals surface area contributed by atoms with Crippen LogP contribution in [0.5, 0.6) is 0 Å². The number of halogens is 3. The molecular formula is C22H30F3N. The van der Waals surface area contributed by atoms with Crippen LogP contribution < -0.4 is 5.73 Å². The summed E-state index contributed by atoms with van der Waals surface area (Å²) >= 11 is 0. The van der Waals surface area contributed by atoms with Gasteiger partial charge in [-0.2, -0.15) is 13.2 Å². The quantitative estimate of drug-likeness (QED) is 0.447. The van der Waals surface area contributed by atoms with Gasteiger partial charge in [-0.1, -0.05) is 82.2 Å². The highest BCUT2D eigenvalue weighted by atomic mass is 19.4. The minimum atomic E-state index is -4.42. The Labute approximate surface area is 154 Å². The molecule has 0 aliphatic carbocycles. The van der Waals surface area contributed by atoms with Gasteiger partial charge in [0.15, 0.2) is 0 Å². The standard InChI is InChI=1S/C22H30F3N/c1-2-3-4-5-6-7-8-9-12-17-15-19(21(26)22(23,24)25)16-18-13-10-11-14-20(17)18/h10-11,13-16,21H,2-9,12,26H2,1H3/t21-/m0/s1. The van der Waals surface area contributed by atoms with E-state index in [1.54, 1.807) is 12.1 Å². The van der Waals surface area contributed by atoms with Gasteiger partial charge in [0.05, 0.1) is 0 Å². The van der Waals surface area contributed by atoms with Gasteiger partial charge in [-0.3, -0.25) is 0 Å². The highest BCUT2D eigenvalue weighted by molar-refractivity contribution is 5.86. The second kappa shape index (κ2) is 9.96. The molecular weight excluding hydrogens is 335 g/mol. The molecule has 1 atom stereocenters. The lowest BCUT2D eigenvalue weighted by Gasteiger charge is -2.18. The number of fused-ring (bicyclic) bond motifs is 1. The van der Waals surface area contributed by atoms with Gasteiger partial charge in [0, 0.05) is 0 Å². The summed E-state index contributed by atoms with van der Waals surface area (Å²) in [6.07, 6.45) is 6.10. The van der Waals surface area contributed by atoms with E-state index in [4.69, 9.17) is 5.73 Å². The van der Waals surface area contributed by atoms with Crippen molar-refractivity contribution in [1.82, 2.24) is 0 Å². The van der Waals surface area contributed by atoms with Crippen molar-refractivity contribution in [3.8, 4) is 0 Å². The minimum Gasteiger partial charge on any atom is -0.316 e. The van der Waals surface area contributed by atoms with Crippen molar-refractivity contribution < 1.29 is 13.2 Å². The second-order valence-electron chi connectivity index (χ2n) is 7.15. The molecule has 0 radical (unpaired) electrons. The van der Waals surface area contributed by atoms with Crippen molar-refractivity contribution in [2.45, 2.75) is 76.9 Å². The maximum atomic E-state index is 13.0. The van der Waals surface area contributed by atoms with Crippen molar-refractivity contribution in [3.05, 3.63) is 47.5 Å². The van der Waals surface area contributed by atoms with Gasteiger partial charge in [0.1, 0.15) is 6.04 Å². The van der Waals surface area contributed by atoms with Gasteiger partial charge in [-0.15, -0.1) is 0 Å². The number of rotatable bonds is 10. The predicted octanol–water partition coefficient (Wildman–Crippen LogP) is 7.09. The zero-order valence-electron chi connectivity index (χ0n) is 15.6. The van der Waals surface area contributed by atoms with Crippen molar-refractivity contribution in [1.29, 1.82) is 0 Å². The Morgan fingerprint density at radius 3 is 2.15 bits per heavy atom. The molecule has 2 N–H and O–H groups in total. The molecule has 0 aromatic heterocycles. The highest BCUT2D eigenvalue weighted by Gasteiger charge is 2.38. The van der Waals surface area contributed by atoms with Gasteiger partial charge < -0.3 is 5.73 Å². The third-order valence-electron chi connectivity index (χ3n) is 4.98. The summed E-state index contributed by atoms with van der Waals surface area (Å²) in [6.45, 7) is 2.21. The Kier molecular flexibility index (Phi) is 7.95. The molecule has 2 aromatic rings. The maximum absolute atomic E-state index is 13.0. The van der Waals surface area contributed by atoms with E-state index in [1.807, 2.05) is 24.3 Å². The topological polar surface area (TPSA) is 26.0 Å². The van der Waals surface area contributed by atoms with E-state index in [9.17, 15) is 13.2 Å². The summed E-state index contributed by atoms with van der Waals surface area (Å²) in [5.74, 6) is 0. The molecule has 0 bridgehead atoms. The highest BCUT2D eigenvalue weighted by Crippen LogP contribution is 2.33. The van der Waals surface area contributed by atoms with Crippen LogP contribution >= 0.6 is 0 Å². The average molecular weight is 365 g/mol. The molecule has 0 aliphatic rings. The van der Waals surface area contributed by atoms with Gasteiger partial charge in [-0.25, -0.2) is 0 Å². The van der Waals surface area contributed by atoms with E-state index in [0.29, 0.717) is 0 Å². The van der Waals surface area contributed by atoms with E-state index in [2.05, 4.69) is 6.92 Å². The van der Waals surface area contributed by atoms with Crippen LogP contribution in [0, 0.1) is 0 Å². The summed E-state index contributed by atoms with van der Waals surface area (Å²) in [5.41, 5.74) is 6.58. The number of benzene rings is 2. The van der Waals surface area contributed by atoms with Crippen LogP contribution in [-0.2, 0) is 6.42 Å². The van der Waals surface area contributed by atoms with Crippen LogP contribution in [0.25, 0.3) is 10.8 Å². The van der Waals surface area contributed by atoms with Crippen molar-refractivity contribution in [2.75, 3.05) is 0 Å². The Hall–Kier alpha value is -1.55. The van der Waals surface area contributed by atoms with Crippen LogP contribution in [0.4, 0.5) is 13.2 Å². The largest absolute Gasteiger partial charge is 0.407 e. The fraction of sp³-hybridized carbons (Fsp3) is 0.545. The zero-order chi connectivity index (χ0) is 19.0. The lowest BCUT2D eigenvalue weighted by Crippen LogP contribution is -2.28. The molecule has 0 saturated carbocycles. The smallest absolute Gasteiger partial charge is 0.316 e. The first kappa shape index (κ1) is 20.8. The number of unbranched alkanes of at least 4 members (excludes halogenated alkanes) is 7. The third kappa shape index (κ3) is 6.01. The summed E-state index contributed by atoms with van der Waals surface area (Å²) in [5, 5.41) is 1.87. The van der Waals surface area contributed by atoms with Crippen LogP contribution in [0.2, 0.25) is 0 Å². The number of hydrogen-bond acceptors (Lipinski definition) is 1. The minimum absolute atomic E-state index is 0.158. The monoisotopic (exact) mass is 365 g/mol. The van der Waals surface area contributed by atoms with Gasteiger partial charge >= 0.3 is 6.18 Å². The summed E-state index contributed by atoms with van der Waals surface area (Å²) in [7, 11) is 0. The first-order chi connectivity index (χ1) is 12.4. The Bertz CT molecular complexity index is 679. The van der Waals surface area contributed by atoms with Gasteiger partial charge in [0.2, 0.25) is 0 Å².